The predicted molar refractivity (Wildman–Crippen MR) is 75.2 cm³/mol. The first-order valence-corrected chi connectivity index (χ1v) is 6.84. The van der Waals surface area contributed by atoms with Gasteiger partial charge in [0.1, 0.15) is 5.82 Å². The summed E-state index contributed by atoms with van der Waals surface area (Å²) in [6.45, 7) is 4.37. The largest absolute Gasteiger partial charge is 0.339 e. The highest BCUT2D eigenvalue weighted by atomic mass is 35.5. The Hall–Kier alpha value is -1.46. The first-order valence-electron chi connectivity index (χ1n) is 6.46. The van der Waals surface area contributed by atoms with Crippen molar-refractivity contribution in [2.45, 2.75) is 32.1 Å². The maximum Gasteiger partial charge on any atom is 0.233 e. The third kappa shape index (κ3) is 2.83. The summed E-state index contributed by atoms with van der Waals surface area (Å²) in [6, 6.07) is 4.56. The minimum absolute atomic E-state index is 0.194. The first-order chi connectivity index (χ1) is 9.50. The zero-order valence-electron chi connectivity index (χ0n) is 11.5. The SMILES string of the molecule is CCC(C)(CN)c1nc(Cc2c(F)cccc2Cl)no1. The number of nitrogens with zero attached hydrogens (tertiary/aromatic N) is 2. The van der Waals surface area contributed by atoms with E-state index in [-0.39, 0.29) is 17.7 Å². The molecule has 2 rings (SSSR count). The van der Waals surface area contributed by atoms with E-state index >= 15 is 0 Å². The molecule has 1 unspecified atom stereocenters. The van der Waals surface area contributed by atoms with Crippen LogP contribution in [0.3, 0.4) is 0 Å². The van der Waals surface area contributed by atoms with Crippen molar-refractivity contribution in [2.24, 2.45) is 5.73 Å². The van der Waals surface area contributed by atoms with Gasteiger partial charge in [-0.15, -0.1) is 0 Å². The molecule has 0 aliphatic rings. The average Bonchev–Trinajstić information content (AvgIpc) is 2.91. The summed E-state index contributed by atoms with van der Waals surface area (Å²) in [5, 5.41) is 4.24. The van der Waals surface area contributed by atoms with Crippen LogP contribution >= 0.6 is 11.6 Å². The normalized spacial score (nSPS) is 14.2. The molecule has 0 bridgehead atoms. The van der Waals surface area contributed by atoms with Gasteiger partial charge < -0.3 is 10.3 Å². The monoisotopic (exact) mass is 297 g/mol. The molecule has 0 aliphatic carbocycles. The van der Waals surface area contributed by atoms with E-state index in [0.29, 0.717) is 28.8 Å². The molecule has 1 aromatic heterocycles. The Bertz CT molecular complexity index is 576. The van der Waals surface area contributed by atoms with Gasteiger partial charge in [0, 0.05) is 23.6 Å². The van der Waals surface area contributed by atoms with Crippen LogP contribution in [0.4, 0.5) is 4.39 Å². The summed E-state index contributed by atoms with van der Waals surface area (Å²) in [5.41, 5.74) is 5.76. The number of hydrogen-bond acceptors (Lipinski definition) is 4. The Morgan fingerprint density at radius 2 is 2.20 bits per heavy atom. The maximum atomic E-state index is 13.7. The molecule has 4 nitrogen and oxygen atoms in total. The van der Waals surface area contributed by atoms with Crippen LogP contribution < -0.4 is 5.73 Å². The Balaban J connectivity index is 2.26. The van der Waals surface area contributed by atoms with Gasteiger partial charge in [-0.2, -0.15) is 4.98 Å². The van der Waals surface area contributed by atoms with Gasteiger partial charge in [-0.05, 0) is 25.5 Å². The van der Waals surface area contributed by atoms with Crippen molar-refractivity contribution >= 4 is 11.6 Å². The van der Waals surface area contributed by atoms with Crippen molar-refractivity contribution in [1.82, 2.24) is 10.1 Å². The van der Waals surface area contributed by atoms with Gasteiger partial charge in [0.2, 0.25) is 5.89 Å². The van der Waals surface area contributed by atoms with E-state index in [0.717, 1.165) is 6.42 Å². The fraction of sp³-hybridized carbons (Fsp3) is 0.429. The molecule has 0 spiro atoms. The van der Waals surface area contributed by atoms with E-state index in [1.54, 1.807) is 12.1 Å². The van der Waals surface area contributed by atoms with Crippen molar-refractivity contribution in [3.8, 4) is 0 Å². The number of hydrogen-bond donors (Lipinski definition) is 1. The first kappa shape index (κ1) is 14.9. The molecule has 2 aromatic rings. The molecule has 0 aliphatic heterocycles. The third-order valence-corrected chi connectivity index (χ3v) is 3.97. The van der Waals surface area contributed by atoms with Crippen LogP contribution in [-0.4, -0.2) is 16.7 Å². The lowest BCUT2D eigenvalue weighted by atomic mass is 9.88. The van der Waals surface area contributed by atoms with Gasteiger partial charge in [-0.25, -0.2) is 4.39 Å². The summed E-state index contributed by atoms with van der Waals surface area (Å²) >= 11 is 5.98. The molecule has 0 radical (unpaired) electrons. The Morgan fingerprint density at radius 1 is 1.45 bits per heavy atom. The highest BCUT2D eigenvalue weighted by Crippen LogP contribution is 2.26. The lowest BCUT2D eigenvalue weighted by molar-refractivity contribution is 0.289. The third-order valence-electron chi connectivity index (χ3n) is 3.61. The van der Waals surface area contributed by atoms with Crippen molar-refractivity contribution in [3.63, 3.8) is 0 Å². The van der Waals surface area contributed by atoms with Gasteiger partial charge >= 0.3 is 0 Å². The Morgan fingerprint density at radius 3 is 2.80 bits per heavy atom. The number of aromatic nitrogens is 2. The van der Waals surface area contributed by atoms with E-state index in [2.05, 4.69) is 10.1 Å². The average molecular weight is 298 g/mol. The lowest BCUT2D eigenvalue weighted by Crippen LogP contribution is -2.31. The summed E-state index contributed by atoms with van der Waals surface area (Å²) in [6.07, 6.45) is 0.977. The molecule has 2 N–H and O–H groups in total. The summed E-state index contributed by atoms with van der Waals surface area (Å²) < 4.78 is 19.0. The van der Waals surface area contributed by atoms with Crippen LogP contribution in [0.25, 0.3) is 0 Å². The van der Waals surface area contributed by atoms with E-state index in [4.69, 9.17) is 21.9 Å². The molecule has 0 saturated carbocycles. The fourth-order valence-electron chi connectivity index (χ4n) is 1.81. The standard InChI is InChI=1S/C14H17ClFN3O/c1-3-14(2,8-17)13-18-12(19-20-13)7-9-10(15)5-4-6-11(9)16/h4-6H,3,7-8,17H2,1-2H3. The summed E-state index contributed by atoms with van der Waals surface area (Å²) in [4.78, 5) is 4.32. The van der Waals surface area contributed by atoms with Crippen molar-refractivity contribution in [1.29, 1.82) is 0 Å². The molecule has 0 fully saturated rings. The van der Waals surface area contributed by atoms with Crippen LogP contribution in [0.5, 0.6) is 0 Å². The van der Waals surface area contributed by atoms with E-state index in [1.807, 2.05) is 13.8 Å². The van der Waals surface area contributed by atoms with E-state index < -0.39 is 0 Å². The summed E-state index contributed by atoms with van der Waals surface area (Å²) in [7, 11) is 0. The summed E-state index contributed by atoms with van der Waals surface area (Å²) in [5.74, 6) is 0.506. The fourth-order valence-corrected chi connectivity index (χ4v) is 2.04. The molecule has 20 heavy (non-hydrogen) atoms. The molecule has 1 aromatic carbocycles. The minimum Gasteiger partial charge on any atom is -0.339 e. The van der Waals surface area contributed by atoms with Gasteiger partial charge in [0.15, 0.2) is 5.82 Å². The van der Waals surface area contributed by atoms with Crippen LogP contribution in [0.2, 0.25) is 5.02 Å². The zero-order chi connectivity index (χ0) is 14.8. The smallest absolute Gasteiger partial charge is 0.233 e. The topological polar surface area (TPSA) is 64.9 Å². The number of nitrogens with two attached hydrogens (primary N) is 1. The second-order valence-corrected chi connectivity index (χ2v) is 5.42. The van der Waals surface area contributed by atoms with Crippen molar-refractivity contribution in [2.75, 3.05) is 6.54 Å². The number of rotatable bonds is 5. The van der Waals surface area contributed by atoms with Crippen LogP contribution in [0.15, 0.2) is 22.7 Å². The Kier molecular flexibility index (Phi) is 4.40. The minimum atomic E-state index is -0.374. The molecule has 0 saturated heterocycles. The quantitative estimate of drug-likeness (QED) is 0.921. The molecule has 108 valence electrons. The highest BCUT2D eigenvalue weighted by molar-refractivity contribution is 6.31. The van der Waals surface area contributed by atoms with Gasteiger partial charge in [-0.1, -0.05) is 29.7 Å². The second-order valence-electron chi connectivity index (χ2n) is 5.01. The molecule has 0 amide bonds. The van der Waals surface area contributed by atoms with E-state index in [9.17, 15) is 4.39 Å². The van der Waals surface area contributed by atoms with Gasteiger partial charge in [0.05, 0.1) is 5.41 Å². The molecular formula is C14H17ClFN3O. The lowest BCUT2D eigenvalue weighted by Gasteiger charge is -2.20. The molecule has 1 atom stereocenters. The Labute approximate surface area is 122 Å². The van der Waals surface area contributed by atoms with Gasteiger partial charge in [-0.3, -0.25) is 0 Å². The van der Waals surface area contributed by atoms with Crippen LogP contribution in [0, 0.1) is 5.82 Å². The van der Waals surface area contributed by atoms with Gasteiger partial charge in [0.25, 0.3) is 0 Å². The van der Waals surface area contributed by atoms with Crippen molar-refractivity contribution in [3.05, 3.63) is 46.3 Å². The predicted octanol–water partition coefficient (Wildman–Crippen LogP) is 3.08. The second kappa shape index (κ2) is 5.89. The van der Waals surface area contributed by atoms with E-state index in [1.165, 1.54) is 6.07 Å². The molecule has 1 heterocycles. The highest BCUT2D eigenvalue weighted by Gasteiger charge is 2.29. The molecular weight excluding hydrogens is 281 g/mol. The van der Waals surface area contributed by atoms with Crippen molar-refractivity contribution < 1.29 is 8.91 Å². The van der Waals surface area contributed by atoms with Crippen LogP contribution in [0.1, 0.15) is 37.5 Å². The number of benzene rings is 1. The number of halogens is 2. The molecule has 6 heteroatoms. The maximum absolute atomic E-state index is 13.7. The zero-order valence-corrected chi connectivity index (χ0v) is 12.2. The van der Waals surface area contributed by atoms with Crippen LogP contribution in [-0.2, 0) is 11.8 Å².